The van der Waals surface area contributed by atoms with Gasteiger partial charge in [-0.05, 0) is 0 Å². The second-order valence-electron chi connectivity index (χ2n) is 3.21. The Bertz CT molecular complexity index is 271. The number of hydrogen-bond donors (Lipinski definition) is 2. The molecule has 0 fully saturated rings. The van der Waals surface area contributed by atoms with Crippen LogP contribution in [0.2, 0.25) is 0 Å². The fraction of sp³-hybridized carbons (Fsp3) is 0.714. The highest BCUT2D eigenvalue weighted by atomic mass is 31.2. The maximum absolute atomic E-state index is 11.0. The van der Waals surface area contributed by atoms with Gasteiger partial charge in [-0.3, -0.25) is 14.2 Å². The van der Waals surface area contributed by atoms with Gasteiger partial charge in [-0.15, -0.1) is 0 Å². The minimum absolute atomic E-state index is 0.310. The number of ketones is 1. The third kappa shape index (κ3) is 6.77. The largest absolute Gasteiger partial charge is 0.480 e. The summed E-state index contributed by atoms with van der Waals surface area (Å²) in [5.74, 6) is -1.71. The van der Waals surface area contributed by atoms with Gasteiger partial charge in [0.15, 0.2) is 13.2 Å². The molecule has 0 amide bonds. The number of nitrogens with two attached hydrogens (primary N) is 1. The molecule has 14 heavy (non-hydrogen) atoms. The Kier molecular flexibility index (Phi) is 4.97. The van der Waals surface area contributed by atoms with Gasteiger partial charge < -0.3 is 15.4 Å². The number of carboxylic acid groups (broad SMARTS) is 1. The van der Waals surface area contributed by atoms with E-state index in [9.17, 15) is 14.2 Å². The van der Waals surface area contributed by atoms with E-state index >= 15 is 0 Å². The lowest BCUT2D eigenvalue weighted by Crippen LogP contribution is -2.33. The lowest BCUT2D eigenvalue weighted by Gasteiger charge is -2.08. The van der Waals surface area contributed by atoms with E-state index in [1.165, 1.54) is 13.3 Å². The normalized spacial score (nSPS) is 13.6. The van der Waals surface area contributed by atoms with Crippen LogP contribution in [-0.2, 0) is 18.7 Å². The highest BCUT2D eigenvalue weighted by Crippen LogP contribution is 2.36. The number of hydrogen-bond acceptors (Lipinski definition) is 5. The van der Waals surface area contributed by atoms with Crippen LogP contribution in [0.15, 0.2) is 0 Å². The van der Waals surface area contributed by atoms with Gasteiger partial charge in [0.1, 0.15) is 12.6 Å². The van der Waals surface area contributed by atoms with Gasteiger partial charge in [-0.25, -0.2) is 0 Å². The summed E-state index contributed by atoms with van der Waals surface area (Å²) >= 11 is 0. The van der Waals surface area contributed by atoms with Crippen LogP contribution in [0.3, 0.4) is 0 Å². The van der Waals surface area contributed by atoms with Crippen molar-refractivity contribution in [2.24, 2.45) is 5.73 Å². The Morgan fingerprint density at radius 3 is 2.36 bits per heavy atom. The standard InChI is InChI=1S/C7H14NO5P/c1-14(2,12)13-4-5(9)3-6(8)7(10)11/h6H,3-4,8H2,1-2H3,(H,10,11). The zero-order chi connectivity index (χ0) is 11.4. The van der Waals surface area contributed by atoms with Crippen molar-refractivity contribution in [3.05, 3.63) is 0 Å². The summed E-state index contributed by atoms with van der Waals surface area (Å²) in [4.78, 5) is 21.3. The van der Waals surface area contributed by atoms with Crippen LogP contribution in [0, 0.1) is 0 Å². The summed E-state index contributed by atoms with van der Waals surface area (Å²) < 4.78 is 15.7. The van der Waals surface area contributed by atoms with E-state index in [1.807, 2.05) is 0 Å². The molecule has 0 rings (SSSR count). The number of rotatable bonds is 6. The summed E-state index contributed by atoms with van der Waals surface area (Å²) in [6.45, 7) is 2.39. The van der Waals surface area contributed by atoms with Crippen molar-refractivity contribution in [3.63, 3.8) is 0 Å². The van der Waals surface area contributed by atoms with Crippen molar-refractivity contribution in [1.29, 1.82) is 0 Å². The van der Waals surface area contributed by atoms with Gasteiger partial charge in [0.2, 0.25) is 0 Å². The average Bonchev–Trinajstić information content (AvgIpc) is 1.99. The first-order chi connectivity index (χ1) is 6.22. The van der Waals surface area contributed by atoms with Crippen molar-refractivity contribution < 1.29 is 23.8 Å². The molecule has 6 nitrogen and oxygen atoms in total. The first-order valence-corrected chi connectivity index (χ1v) is 6.44. The SMILES string of the molecule is CP(C)(=O)OCC(=O)CC(N)C(=O)O. The Hall–Kier alpha value is -0.710. The Morgan fingerprint density at radius 1 is 1.50 bits per heavy atom. The average molecular weight is 223 g/mol. The zero-order valence-electron chi connectivity index (χ0n) is 8.10. The molecule has 0 aromatic carbocycles. The number of aliphatic carboxylic acids is 1. The van der Waals surface area contributed by atoms with Gasteiger partial charge in [-0.1, -0.05) is 0 Å². The van der Waals surface area contributed by atoms with Crippen molar-refractivity contribution in [3.8, 4) is 0 Å². The monoisotopic (exact) mass is 223 g/mol. The molecule has 1 atom stereocenters. The number of Topliss-reactive ketones (excluding diaryl/α,β-unsaturated/α-hetero) is 1. The molecule has 0 aliphatic carbocycles. The van der Waals surface area contributed by atoms with Crippen LogP contribution in [0.25, 0.3) is 0 Å². The van der Waals surface area contributed by atoms with Crippen molar-refractivity contribution >= 4 is 19.1 Å². The summed E-state index contributed by atoms with van der Waals surface area (Å²) in [6.07, 6.45) is -0.310. The van der Waals surface area contributed by atoms with E-state index in [0.29, 0.717) is 0 Å². The first-order valence-electron chi connectivity index (χ1n) is 3.92. The van der Waals surface area contributed by atoms with Gasteiger partial charge in [0, 0.05) is 19.8 Å². The Morgan fingerprint density at radius 2 is 2.00 bits per heavy atom. The van der Waals surface area contributed by atoms with Crippen LogP contribution in [0.1, 0.15) is 6.42 Å². The number of carbonyl (C=O) groups is 2. The van der Waals surface area contributed by atoms with E-state index in [1.54, 1.807) is 0 Å². The number of carbonyl (C=O) groups excluding carboxylic acids is 1. The third-order valence-electron chi connectivity index (χ3n) is 1.30. The molecule has 0 aromatic rings. The minimum Gasteiger partial charge on any atom is -0.480 e. The molecule has 3 N–H and O–H groups in total. The third-order valence-corrected chi connectivity index (χ3v) is 2.05. The highest BCUT2D eigenvalue weighted by molar-refractivity contribution is 7.57. The van der Waals surface area contributed by atoms with Crippen LogP contribution in [0.4, 0.5) is 0 Å². The maximum atomic E-state index is 11.0. The van der Waals surface area contributed by atoms with Crippen LogP contribution in [-0.4, -0.2) is 42.8 Å². The quantitative estimate of drug-likeness (QED) is 0.609. The maximum Gasteiger partial charge on any atom is 0.320 e. The summed E-state index contributed by atoms with van der Waals surface area (Å²) in [5, 5.41) is 8.39. The molecule has 0 aliphatic rings. The highest BCUT2D eigenvalue weighted by Gasteiger charge is 2.18. The van der Waals surface area contributed by atoms with E-state index < -0.39 is 25.2 Å². The molecular formula is C7H14NO5P. The van der Waals surface area contributed by atoms with Gasteiger partial charge in [-0.2, -0.15) is 0 Å². The molecule has 0 bridgehead atoms. The minimum atomic E-state index is -2.70. The van der Waals surface area contributed by atoms with Crippen LogP contribution >= 0.6 is 7.37 Å². The Labute approximate surface area is 81.9 Å². The predicted molar refractivity (Wildman–Crippen MR) is 50.6 cm³/mol. The second-order valence-corrected chi connectivity index (χ2v) is 5.98. The molecule has 0 spiro atoms. The summed E-state index contributed by atoms with van der Waals surface area (Å²) in [5.41, 5.74) is 5.11. The molecule has 82 valence electrons. The van der Waals surface area contributed by atoms with E-state index in [4.69, 9.17) is 15.4 Å². The van der Waals surface area contributed by atoms with Crippen LogP contribution in [0.5, 0.6) is 0 Å². The van der Waals surface area contributed by atoms with Crippen LogP contribution < -0.4 is 5.73 Å². The van der Waals surface area contributed by atoms with Crippen molar-refractivity contribution in [2.45, 2.75) is 12.5 Å². The van der Waals surface area contributed by atoms with E-state index in [-0.39, 0.29) is 13.0 Å². The summed E-state index contributed by atoms with van der Waals surface area (Å²) in [7, 11) is -2.70. The zero-order valence-corrected chi connectivity index (χ0v) is 8.99. The Balaban J connectivity index is 3.89. The molecule has 0 radical (unpaired) electrons. The smallest absolute Gasteiger partial charge is 0.320 e. The molecule has 7 heteroatoms. The fourth-order valence-corrected chi connectivity index (χ4v) is 1.07. The predicted octanol–water partition coefficient (Wildman–Crippen LogP) is -0.0882. The number of carboxylic acids is 1. The lowest BCUT2D eigenvalue weighted by atomic mass is 10.1. The summed E-state index contributed by atoms with van der Waals surface area (Å²) in [6, 6.07) is -1.22. The molecule has 0 saturated heterocycles. The first kappa shape index (κ1) is 13.3. The lowest BCUT2D eigenvalue weighted by molar-refractivity contribution is -0.140. The topological polar surface area (TPSA) is 107 Å². The second kappa shape index (κ2) is 5.24. The van der Waals surface area contributed by atoms with E-state index in [2.05, 4.69) is 0 Å². The van der Waals surface area contributed by atoms with E-state index in [0.717, 1.165) is 0 Å². The molecule has 0 saturated carbocycles. The fourth-order valence-electron chi connectivity index (χ4n) is 0.619. The molecular weight excluding hydrogens is 209 g/mol. The van der Waals surface area contributed by atoms with Gasteiger partial charge >= 0.3 is 5.97 Å². The molecule has 0 aromatic heterocycles. The van der Waals surface area contributed by atoms with Gasteiger partial charge in [0.25, 0.3) is 0 Å². The molecule has 1 unspecified atom stereocenters. The van der Waals surface area contributed by atoms with Crippen molar-refractivity contribution in [1.82, 2.24) is 0 Å². The molecule has 0 heterocycles. The molecule has 0 aliphatic heterocycles. The van der Waals surface area contributed by atoms with Crippen molar-refractivity contribution in [2.75, 3.05) is 19.9 Å². The van der Waals surface area contributed by atoms with Gasteiger partial charge in [0.05, 0.1) is 0 Å².